The van der Waals surface area contributed by atoms with E-state index in [4.69, 9.17) is 23.7 Å². The maximum absolute atomic E-state index is 11.5. The zero-order valence-electron chi connectivity index (χ0n) is 12.7. The monoisotopic (exact) mass is 296 g/mol. The first-order valence-electron chi connectivity index (χ1n) is 6.75. The number of ketones is 1. The van der Waals surface area contributed by atoms with Crippen LogP contribution in [0.5, 0.6) is 23.0 Å². The lowest BCUT2D eigenvalue weighted by molar-refractivity contribution is -0.154. The predicted octanol–water partition coefficient (Wildman–Crippen LogP) is 1.84. The zero-order chi connectivity index (χ0) is 15.4. The van der Waals surface area contributed by atoms with Crippen LogP contribution in [-0.4, -0.2) is 45.9 Å². The fraction of sp³-hybridized carbons (Fsp3) is 0.533. The smallest absolute Gasteiger partial charge is 0.203 e. The highest BCUT2D eigenvalue weighted by molar-refractivity contribution is 5.90. The zero-order valence-corrected chi connectivity index (χ0v) is 12.7. The van der Waals surface area contributed by atoms with Crippen molar-refractivity contribution in [1.82, 2.24) is 0 Å². The second-order valence-electron chi connectivity index (χ2n) is 4.56. The maximum Gasteiger partial charge on any atom is 0.203 e. The lowest BCUT2D eigenvalue weighted by atomic mass is 9.90. The fourth-order valence-electron chi connectivity index (χ4n) is 2.25. The molecular weight excluding hydrogens is 276 g/mol. The molecule has 0 saturated heterocycles. The van der Waals surface area contributed by atoms with Crippen LogP contribution in [0.15, 0.2) is 12.1 Å². The van der Waals surface area contributed by atoms with Gasteiger partial charge in [0, 0.05) is 25.2 Å². The minimum atomic E-state index is -0.492. The van der Waals surface area contributed by atoms with Gasteiger partial charge in [0.25, 0.3) is 0 Å². The van der Waals surface area contributed by atoms with Gasteiger partial charge in [0.15, 0.2) is 23.4 Å². The van der Waals surface area contributed by atoms with E-state index in [-0.39, 0.29) is 11.9 Å². The van der Waals surface area contributed by atoms with Crippen molar-refractivity contribution in [3.8, 4) is 23.0 Å². The Morgan fingerprint density at radius 1 is 1.10 bits per heavy atom. The average molecular weight is 296 g/mol. The van der Waals surface area contributed by atoms with Crippen molar-refractivity contribution in [3.05, 3.63) is 12.1 Å². The second-order valence-corrected chi connectivity index (χ2v) is 4.56. The van der Waals surface area contributed by atoms with Gasteiger partial charge in [-0.05, 0) is 6.92 Å². The molecule has 1 aliphatic carbocycles. The molecule has 0 amide bonds. The first-order chi connectivity index (χ1) is 10.1. The van der Waals surface area contributed by atoms with Crippen molar-refractivity contribution in [1.29, 1.82) is 0 Å². The van der Waals surface area contributed by atoms with E-state index in [2.05, 4.69) is 0 Å². The SMILES string of the molecule is CCOC1C(=O)CC1Oc1cc(OC)c(OC)c(OC)c1. The summed E-state index contributed by atoms with van der Waals surface area (Å²) in [5.41, 5.74) is 0. The van der Waals surface area contributed by atoms with Crippen LogP contribution in [0.3, 0.4) is 0 Å². The molecule has 0 radical (unpaired) electrons. The van der Waals surface area contributed by atoms with Crippen LogP contribution in [0.2, 0.25) is 0 Å². The number of hydrogen-bond donors (Lipinski definition) is 0. The minimum Gasteiger partial charge on any atom is -0.493 e. The van der Waals surface area contributed by atoms with Gasteiger partial charge in [-0.2, -0.15) is 0 Å². The third kappa shape index (κ3) is 3.05. The molecule has 1 fully saturated rings. The molecule has 6 nitrogen and oxygen atoms in total. The van der Waals surface area contributed by atoms with Crippen molar-refractivity contribution in [2.24, 2.45) is 0 Å². The van der Waals surface area contributed by atoms with Crippen molar-refractivity contribution in [2.45, 2.75) is 25.6 Å². The number of hydrogen-bond acceptors (Lipinski definition) is 6. The van der Waals surface area contributed by atoms with Gasteiger partial charge in [0.05, 0.1) is 21.3 Å². The molecule has 0 N–H and O–H groups in total. The summed E-state index contributed by atoms with van der Waals surface area (Å²) in [6, 6.07) is 3.40. The Morgan fingerprint density at radius 3 is 2.14 bits per heavy atom. The first kappa shape index (κ1) is 15.4. The molecule has 2 rings (SSSR count). The quantitative estimate of drug-likeness (QED) is 0.765. The van der Waals surface area contributed by atoms with E-state index in [0.29, 0.717) is 36.0 Å². The Kier molecular flexibility index (Phi) is 4.90. The Hall–Kier alpha value is -1.95. The van der Waals surface area contributed by atoms with Crippen LogP contribution >= 0.6 is 0 Å². The van der Waals surface area contributed by atoms with E-state index in [1.165, 1.54) is 21.3 Å². The Labute approximate surface area is 123 Å². The van der Waals surface area contributed by atoms with Gasteiger partial charge in [-0.1, -0.05) is 0 Å². The second kappa shape index (κ2) is 6.67. The van der Waals surface area contributed by atoms with Gasteiger partial charge in [-0.15, -0.1) is 0 Å². The molecule has 0 bridgehead atoms. The third-order valence-corrected chi connectivity index (χ3v) is 3.33. The van der Waals surface area contributed by atoms with Gasteiger partial charge in [0.2, 0.25) is 5.75 Å². The van der Waals surface area contributed by atoms with Crippen molar-refractivity contribution in [2.75, 3.05) is 27.9 Å². The number of methoxy groups -OCH3 is 3. The summed E-state index contributed by atoms with van der Waals surface area (Å²) in [6.45, 7) is 2.33. The van der Waals surface area contributed by atoms with Crippen molar-refractivity contribution < 1.29 is 28.5 Å². The normalized spacial score (nSPS) is 20.7. The van der Waals surface area contributed by atoms with E-state index in [1.807, 2.05) is 6.92 Å². The highest BCUT2D eigenvalue weighted by atomic mass is 16.6. The Bertz CT molecular complexity index is 488. The van der Waals surface area contributed by atoms with E-state index in [1.54, 1.807) is 12.1 Å². The molecule has 6 heteroatoms. The third-order valence-electron chi connectivity index (χ3n) is 3.33. The summed E-state index contributed by atoms with van der Waals surface area (Å²) in [5.74, 6) is 2.12. The summed E-state index contributed by atoms with van der Waals surface area (Å²) >= 11 is 0. The number of rotatable bonds is 7. The van der Waals surface area contributed by atoms with E-state index in [0.717, 1.165) is 0 Å². The van der Waals surface area contributed by atoms with Crippen molar-refractivity contribution in [3.63, 3.8) is 0 Å². The van der Waals surface area contributed by atoms with Crippen LogP contribution in [0.1, 0.15) is 13.3 Å². The van der Waals surface area contributed by atoms with Gasteiger partial charge < -0.3 is 23.7 Å². The molecule has 0 spiro atoms. The number of ether oxygens (including phenoxy) is 5. The average Bonchev–Trinajstić information content (AvgIpc) is 2.51. The van der Waals surface area contributed by atoms with Crippen LogP contribution in [0, 0.1) is 0 Å². The standard InChI is InChI=1S/C15H20O6/c1-5-20-14-10(16)8-13(14)21-9-6-11(17-2)15(19-4)12(7-9)18-3/h6-7,13-14H,5,8H2,1-4H3. The first-order valence-corrected chi connectivity index (χ1v) is 6.75. The summed E-state index contributed by atoms with van der Waals surface area (Å²) < 4.78 is 27.0. The highest BCUT2D eigenvalue weighted by Crippen LogP contribution is 2.41. The van der Waals surface area contributed by atoms with Crippen LogP contribution in [0.4, 0.5) is 0 Å². The topological polar surface area (TPSA) is 63.2 Å². The van der Waals surface area contributed by atoms with Gasteiger partial charge >= 0.3 is 0 Å². The molecule has 116 valence electrons. The van der Waals surface area contributed by atoms with Crippen LogP contribution < -0.4 is 18.9 Å². The molecule has 21 heavy (non-hydrogen) atoms. The van der Waals surface area contributed by atoms with E-state index in [9.17, 15) is 4.79 Å². The summed E-state index contributed by atoms with van der Waals surface area (Å²) in [5, 5.41) is 0. The van der Waals surface area contributed by atoms with Crippen molar-refractivity contribution >= 4 is 5.78 Å². The lowest BCUT2D eigenvalue weighted by Gasteiger charge is -2.34. The fourth-order valence-corrected chi connectivity index (χ4v) is 2.25. The van der Waals surface area contributed by atoms with Gasteiger partial charge in [-0.3, -0.25) is 4.79 Å². The Morgan fingerprint density at radius 2 is 1.71 bits per heavy atom. The highest BCUT2D eigenvalue weighted by Gasteiger charge is 2.42. The minimum absolute atomic E-state index is 0.0642. The molecule has 1 aromatic rings. The molecule has 0 aliphatic heterocycles. The molecule has 0 heterocycles. The summed E-state index contributed by atoms with van der Waals surface area (Å²) in [6.07, 6.45) is -0.421. The largest absolute Gasteiger partial charge is 0.493 e. The molecule has 1 saturated carbocycles. The van der Waals surface area contributed by atoms with Gasteiger partial charge in [0.1, 0.15) is 11.9 Å². The van der Waals surface area contributed by atoms with Crippen LogP contribution in [0.25, 0.3) is 0 Å². The van der Waals surface area contributed by atoms with Crippen LogP contribution in [-0.2, 0) is 9.53 Å². The number of benzene rings is 1. The maximum atomic E-state index is 11.5. The predicted molar refractivity (Wildman–Crippen MR) is 75.6 cm³/mol. The molecule has 1 aliphatic rings. The summed E-state index contributed by atoms with van der Waals surface area (Å²) in [4.78, 5) is 11.5. The summed E-state index contributed by atoms with van der Waals surface area (Å²) in [7, 11) is 4.62. The number of carbonyl (C=O) groups excluding carboxylic acids is 1. The molecule has 0 aromatic heterocycles. The molecule has 2 unspecified atom stereocenters. The lowest BCUT2D eigenvalue weighted by Crippen LogP contribution is -2.52. The van der Waals surface area contributed by atoms with E-state index >= 15 is 0 Å². The molecule has 1 aromatic carbocycles. The van der Waals surface area contributed by atoms with Gasteiger partial charge in [-0.25, -0.2) is 0 Å². The molecule has 2 atom stereocenters. The van der Waals surface area contributed by atoms with E-state index < -0.39 is 6.10 Å². The number of Topliss-reactive ketones (excluding diaryl/α,β-unsaturated/α-hetero) is 1. The number of carbonyl (C=O) groups is 1. The molecular formula is C15H20O6. The Balaban J connectivity index is 2.19.